The number of nitrogens with zero attached hydrogens (tertiary/aromatic N) is 5. The lowest BCUT2D eigenvalue weighted by molar-refractivity contribution is -0.469. The first-order valence-electron chi connectivity index (χ1n) is 10.8. The second kappa shape index (κ2) is 12.3. The molecule has 2 aromatic heterocycles. The van der Waals surface area contributed by atoms with E-state index in [0.29, 0.717) is 17.2 Å². The quantitative estimate of drug-likeness (QED) is 0.276. The van der Waals surface area contributed by atoms with E-state index in [1.54, 1.807) is 24.7 Å². The number of carbonyl (C=O) groups is 1. The van der Waals surface area contributed by atoms with Crippen molar-refractivity contribution in [2.24, 2.45) is 0 Å². The Morgan fingerprint density at radius 1 is 1.21 bits per heavy atom. The summed E-state index contributed by atoms with van der Waals surface area (Å²) < 4.78 is 1.91. The maximum Gasteiger partial charge on any atom is 0.353 e. The van der Waals surface area contributed by atoms with Crippen molar-refractivity contribution >= 4 is 28.9 Å². The molecule has 174 valence electrons. The number of hydrogen-bond acceptors (Lipinski definition) is 4. The van der Waals surface area contributed by atoms with E-state index in [1.807, 2.05) is 68.9 Å². The van der Waals surface area contributed by atoms with E-state index >= 15 is 0 Å². The third-order valence-corrected chi connectivity index (χ3v) is 4.74. The Balaban J connectivity index is 2.52. The van der Waals surface area contributed by atoms with Crippen LogP contribution in [0.4, 0.5) is 11.5 Å². The Kier molecular flexibility index (Phi) is 9.47. The minimum Gasteiger partial charge on any atom is -0.319 e. The van der Waals surface area contributed by atoms with Gasteiger partial charge in [-0.3, -0.25) is 19.3 Å². The van der Waals surface area contributed by atoms with Crippen molar-refractivity contribution in [3.8, 4) is 0 Å². The van der Waals surface area contributed by atoms with Crippen molar-refractivity contribution < 1.29 is 9.37 Å². The zero-order valence-electron chi connectivity index (χ0n) is 20.4. The third-order valence-electron chi connectivity index (χ3n) is 4.74. The van der Waals surface area contributed by atoms with Crippen LogP contribution in [0.1, 0.15) is 42.0 Å². The van der Waals surface area contributed by atoms with Gasteiger partial charge in [0.1, 0.15) is 0 Å². The number of carbonyl (C=O) groups excluding carboxylic acids is 1. The first-order chi connectivity index (χ1) is 15.8. The molecule has 0 spiro atoms. The van der Waals surface area contributed by atoms with Crippen molar-refractivity contribution in [2.75, 3.05) is 38.8 Å². The van der Waals surface area contributed by atoms with Gasteiger partial charge in [0, 0.05) is 6.20 Å². The molecule has 2 heterocycles. The molecule has 0 aliphatic carbocycles. The SMILES string of the molecule is C=C/C=C\C=C(/C)c1cnc(NC(N(C)C)=[N+](C)C)c(C(=O)Nc2cnccc2CCC)n1. The van der Waals surface area contributed by atoms with E-state index in [9.17, 15) is 4.79 Å². The minimum atomic E-state index is -0.358. The van der Waals surface area contributed by atoms with Crippen molar-refractivity contribution in [1.29, 1.82) is 0 Å². The number of guanidine groups is 1. The van der Waals surface area contributed by atoms with Crippen LogP contribution in [0.25, 0.3) is 5.57 Å². The summed E-state index contributed by atoms with van der Waals surface area (Å²) in [6.07, 6.45) is 14.1. The third kappa shape index (κ3) is 7.10. The maximum absolute atomic E-state index is 13.4. The van der Waals surface area contributed by atoms with Crippen LogP contribution in [0.2, 0.25) is 0 Å². The number of aryl methyl sites for hydroxylation is 1. The molecule has 0 unspecified atom stereocenters. The van der Waals surface area contributed by atoms with Crippen molar-refractivity contribution in [1.82, 2.24) is 19.9 Å². The highest BCUT2D eigenvalue weighted by Crippen LogP contribution is 2.20. The number of rotatable bonds is 8. The van der Waals surface area contributed by atoms with Crippen LogP contribution < -0.4 is 10.6 Å². The molecule has 0 saturated heterocycles. The van der Waals surface area contributed by atoms with Crippen molar-refractivity contribution in [3.05, 3.63) is 72.5 Å². The van der Waals surface area contributed by atoms with Gasteiger partial charge >= 0.3 is 5.96 Å². The molecule has 0 saturated carbocycles. The van der Waals surface area contributed by atoms with Crippen LogP contribution in [-0.4, -0.2) is 64.5 Å². The van der Waals surface area contributed by atoms with E-state index in [-0.39, 0.29) is 11.6 Å². The molecular weight excluding hydrogens is 414 g/mol. The Labute approximate surface area is 196 Å². The lowest BCUT2D eigenvalue weighted by atomic mass is 10.1. The summed E-state index contributed by atoms with van der Waals surface area (Å²) in [4.78, 5) is 28.7. The predicted molar refractivity (Wildman–Crippen MR) is 136 cm³/mol. The van der Waals surface area contributed by atoms with Crippen LogP contribution in [0.3, 0.4) is 0 Å². The molecule has 0 aliphatic rings. The summed E-state index contributed by atoms with van der Waals surface area (Å²) in [5.41, 5.74) is 3.38. The van der Waals surface area contributed by atoms with Crippen LogP contribution in [0, 0.1) is 0 Å². The van der Waals surface area contributed by atoms with Gasteiger partial charge < -0.3 is 5.32 Å². The fraction of sp³-hybridized carbons (Fsp3) is 0.320. The summed E-state index contributed by atoms with van der Waals surface area (Å²) in [6.45, 7) is 7.69. The molecule has 2 aromatic rings. The molecule has 0 aromatic carbocycles. The number of pyridine rings is 1. The van der Waals surface area contributed by atoms with Gasteiger partial charge in [-0.25, -0.2) is 15.3 Å². The van der Waals surface area contributed by atoms with E-state index in [4.69, 9.17) is 0 Å². The molecule has 33 heavy (non-hydrogen) atoms. The summed E-state index contributed by atoms with van der Waals surface area (Å²) in [7, 11) is 7.65. The van der Waals surface area contributed by atoms with Crippen molar-refractivity contribution in [2.45, 2.75) is 26.7 Å². The highest BCUT2D eigenvalue weighted by molar-refractivity contribution is 6.08. The molecular formula is C25H34N7O+. The predicted octanol–water partition coefficient (Wildman–Crippen LogP) is 3.82. The highest BCUT2D eigenvalue weighted by atomic mass is 16.1. The largest absolute Gasteiger partial charge is 0.353 e. The van der Waals surface area contributed by atoms with Gasteiger partial charge in [0.25, 0.3) is 5.91 Å². The zero-order chi connectivity index (χ0) is 24.4. The molecule has 8 nitrogen and oxygen atoms in total. The van der Waals surface area contributed by atoms with Gasteiger partial charge in [0.2, 0.25) is 5.82 Å². The minimum absolute atomic E-state index is 0.195. The number of allylic oxidation sites excluding steroid dienone is 5. The average molecular weight is 449 g/mol. The monoisotopic (exact) mass is 448 g/mol. The molecule has 0 aliphatic heterocycles. The first-order valence-corrected chi connectivity index (χ1v) is 10.8. The van der Waals surface area contributed by atoms with Gasteiger partial charge in [0.15, 0.2) is 5.69 Å². The number of amides is 1. The molecule has 1 amide bonds. The zero-order valence-corrected chi connectivity index (χ0v) is 20.4. The van der Waals surface area contributed by atoms with E-state index < -0.39 is 0 Å². The van der Waals surface area contributed by atoms with Crippen LogP contribution in [0.15, 0.2) is 55.5 Å². The Morgan fingerprint density at radius 3 is 2.61 bits per heavy atom. The van der Waals surface area contributed by atoms with E-state index in [0.717, 1.165) is 29.9 Å². The number of aromatic nitrogens is 3. The highest BCUT2D eigenvalue weighted by Gasteiger charge is 2.23. The Morgan fingerprint density at radius 2 is 1.97 bits per heavy atom. The second-order valence-corrected chi connectivity index (χ2v) is 7.90. The fourth-order valence-electron chi connectivity index (χ4n) is 3.13. The Bertz CT molecular complexity index is 1080. The fourth-order valence-corrected chi connectivity index (χ4v) is 3.13. The summed E-state index contributed by atoms with van der Waals surface area (Å²) in [5, 5.41) is 6.22. The Hall–Kier alpha value is -3.81. The number of hydrogen-bond donors (Lipinski definition) is 2. The molecule has 0 bridgehead atoms. The topological polar surface area (TPSA) is 86.0 Å². The molecule has 0 radical (unpaired) electrons. The summed E-state index contributed by atoms with van der Waals surface area (Å²) in [6, 6.07) is 1.92. The number of anilines is 2. The van der Waals surface area contributed by atoms with Crippen molar-refractivity contribution in [3.63, 3.8) is 0 Å². The molecule has 0 atom stereocenters. The molecule has 8 heteroatoms. The first kappa shape index (κ1) is 25.5. The number of nitrogens with one attached hydrogen (secondary N) is 2. The van der Waals surface area contributed by atoms with E-state index in [2.05, 4.69) is 39.1 Å². The smallest absolute Gasteiger partial charge is 0.319 e. The summed E-state index contributed by atoms with van der Waals surface area (Å²) >= 11 is 0. The van der Waals surface area contributed by atoms with Gasteiger partial charge in [-0.15, -0.1) is 0 Å². The van der Waals surface area contributed by atoms with Crippen LogP contribution in [-0.2, 0) is 6.42 Å². The van der Waals surface area contributed by atoms with Gasteiger partial charge in [0.05, 0.1) is 52.0 Å². The lowest BCUT2D eigenvalue weighted by Gasteiger charge is -2.15. The molecule has 0 fully saturated rings. The lowest BCUT2D eigenvalue weighted by Crippen LogP contribution is -2.37. The van der Waals surface area contributed by atoms with Crippen LogP contribution >= 0.6 is 0 Å². The van der Waals surface area contributed by atoms with Crippen LogP contribution in [0.5, 0.6) is 0 Å². The normalized spacial score (nSPS) is 11.3. The van der Waals surface area contributed by atoms with Gasteiger partial charge in [-0.1, -0.05) is 44.2 Å². The van der Waals surface area contributed by atoms with E-state index in [1.165, 1.54) is 0 Å². The van der Waals surface area contributed by atoms with Gasteiger partial charge in [-0.05, 0) is 30.5 Å². The summed E-state index contributed by atoms with van der Waals surface area (Å²) in [5.74, 6) is 0.771. The molecule has 2 N–H and O–H groups in total. The molecule has 2 rings (SSSR count). The average Bonchev–Trinajstić information content (AvgIpc) is 2.78. The maximum atomic E-state index is 13.4. The standard InChI is InChI=1S/C25H33N7O/c1-8-10-11-13-18(3)20-17-27-23(30-25(31(4)5)32(6)7)22(28-20)24(33)29-21-16-26-15-14-19(21)12-9-2/h8,10-11,13-17H,1,9,12H2,2-7H3,(H,29,33)/p+1/b11-10-,18-13+. The van der Waals surface area contributed by atoms with Gasteiger partial charge in [-0.2, -0.15) is 0 Å². The second-order valence-electron chi connectivity index (χ2n) is 7.90.